The molecule has 0 bridgehead atoms. The average molecular weight is 236 g/mol. The quantitative estimate of drug-likeness (QED) is 0.726. The molecule has 0 aliphatic carbocycles. The average Bonchev–Trinajstić information content (AvgIpc) is 2.22. The van der Waals surface area contributed by atoms with Crippen LogP contribution < -0.4 is 0 Å². The van der Waals surface area contributed by atoms with E-state index in [0.717, 1.165) is 26.5 Å². The molecule has 0 atom stereocenters. The van der Waals surface area contributed by atoms with E-state index in [4.69, 9.17) is 23.8 Å². The van der Waals surface area contributed by atoms with Gasteiger partial charge in [-0.15, -0.1) is 0 Å². The third-order valence-corrected chi connectivity index (χ3v) is 2.90. The summed E-state index contributed by atoms with van der Waals surface area (Å²) in [5.41, 5.74) is 3.12. The summed E-state index contributed by atoms with van der Waals surface area (Å²) in [7, 11) is 0. The maximum Gasteiger partial charge on any atom is 0.103 e. The number of rotatable bonds is 1. The lowest BCUT2D eigenvalue weighted by Gasteiger charge is -2.04. The van der Waals surface area contributed by atoms with E-state index in [1.807, 2.05) is 43.3 Å². The Morgan fingerprint density at radius 3 is 2.67 bits per heavy atom. The zero-order valence-corrected chi connectivity index (χ0v) is 9.82. The Morgan fingerprint density at radius 2 is 2.00 bits per heavy atom. The Labute approximate surface area is 98.7 Å². The summed E-state index contributed by atoms with van der Waals surface area (Å²) in [4.78, 5) is 3.13. The maximum atomic E-state index is 6.06. The second-order valence-corrected chi connectivity index (χ2v) is 4.24. The molecular weight excluding hydrogens is 226 g/mol. The summed E-state index contributed by atoms with van der Waals surface area (Å²) in [6, 6.07) is 11.7. The lowest BCUT2D eigenvalue weighted by molar-refractivity contribution is 1.29. The summed E-state index contributed by atoms with van der Waals surface area (Å²) in [6.45, 7) is 1.99. The van der Waals surface area contributed by atoms with Gasteiger partial charge in [-0.3, -0.25) is 0 Å². The largest absolute Gasteiger partial charge is 0.346 e. The van der Waals surface area contributed by atoms with Crippen molar-refractivity contribution >= 4 is 23.8 Å². The zero-order chi connectivity index (χ0) is 10.8. The topological polar surface area (TPSA) is 15.8 Å². The molecule has 0 saturated heterocycles. The van der Waals surface area contributed by atoms with E-state index >= 15 is 0 Å². The molecule has 1 aromatic carbocycles. The Balaban J connectivity index is 2.55. The smallest absolute Gasteiger partial charge is 0.103 e. The lowest BCUT2D eigenvalue weighted by atomic mass is 10.1. The van der Waals surface area contributed by atoms with Gasteiger partial charge in [0.15, 0.2) is 0 Å². The van der Waals surface area contributed by atoms with Gasteiger partial charge >= 0.3 is 0 Å². The summed E-state index contributed by atoms with van der Waals surface area (Å²) < 4.78 is 0.726. The Morgan fingerprint density at radius 1 is 1.20 bits per heavy atom. The minimum Gasteiger partial charge on any atom is -0.346 e. The molecule has 0 amide bonds. The molecule has 0 unspecified atom stereocenters. The fourth-order valence-electron chi connectivity index (χ4n) is 1.38. The number of aromatic nitrogens is 1. The van der Waals surface area contributed by atoms with Gasteiger partial charge in [0.25, 0.3) is 0 Å². The number of nitrogens with one attached hydrogen (secondary N) is 1. The number of hydrogen-bond donors (Lipinski definition) is 1. The molecular formula is C12H10ClNS. The van der Waals surface area contributed by atoms with Crippen molar-refractivity contribution in [3.63, 3.8) is 0 Å². The highest BCUT2D eigenvalue weighted by Crippen LogP contribution is 2.23. The van der Waals surface area contributed by atoms with Crippen molar-refractivity contribution in [1.82, 2.24) is 4.98 Å². The van der Waals surface area contributed by atoms with Crippen LogP contribution >= 0.6 is 23.8 Å². The third-order valence-electron chi connectivity index (χ3n) is 2.25. The molecule has 0 saturated carbocycles. The van der Waals surface area contributed by atoms with Gasteiger partial charge < -0.3 is 4.98 Å². The summed E-state index contributed by atoms with van der Waals surface area (Å²) >= 11 is 11.1. The molecule has 0 fully saturated rings. The van der Waals surface area contributed by atoms with Crippen LogP contribution in [0.5, 0.6) is 0 Å². The number of pyridine rings is 1. The molecule has 15 heavy (non-hydrogen) atoms. The van der Waals surface area contributed by atoms with Gasteiger partial charge in [-0.1, -0.05) is 42.0 Å². The highest BCUT2D eigenvalue weighted by Gasteiger charge is 2.00. The Hall–Kier alpha value is -1.12. The molecule has 0 spiro atoms. The number of halogens is 1. The van der Waals surface area contributed by atoms with Gasteiger partial charge in [0.2, 0.25) is 0 Å². The molecule has 3 heteroatoms. The number of aromatic amines is 1. The van der Waals surface area contributed by atoms with Gasteiger partial charge in [-0.05, 0) is 36.2 Å². The first-order valence-corrected chi connectivity index (χ1v) is 5.41. The molecule has 76 valence electrons. The lowest BCUT2D eigenvalue weighted by Crippen LogP contribution is -1.84. The fraction of sp³-hybridized carbons (Fsp3) is 0.0833. The number of hydrogen-bond acceptors (Lipinski definition) is 1. The van der Waals surface area contributed by atoms with Crippen molar-refractivity contribution in [2.24, 2.45) is 0 Å². The predicted octanol–water partition coefficient (Wildman–Crippen LogP) is 4.37. The van der Waals surface area contributed by atoms with E-state index in [0.29, 0.717) is 0 Å². The standard InChI is InChI=1S/C12H10ClNS/c1-8-5-6-9(7-10(8)13)11-3-2-4-12(15)14-11/h2-7H,1H3,(H,14,15). The van der Waals surface area contributed by atoms with Crippen LogP contribution in [0.25, 0.3) is 11.3 Å². The Bertz CT molecular complexity index is 545. The third kappa shape index (κ3) is 2.28. The van der Waals surface area contributed by atoms with Crippen molar-refractivity contribution in [2.45, 2.75) is 6.92 Å². The first kappa shape index (κ1) is 10.4. The van der Waals surface area contributed by atoms with Crippen molar-refractivity contribution in [3.8, 4) is 11.3 Å². The maximum absolute atomic E-state index is 6.06. The van der Waals surface area contributed by atoms with Crippen molar-refractivity contribution in [2.75, 3.05) is 0 Å². The minimum atomic E-state index is 0.726. The van der Waals surface area contributed by atoms with Crippen LogP contribution in [0.15, 0.2) is 36.4 Å². The van der Waals surface area contributed by atoms with Gasteiger partial charge in [-0.2, -0.15) is 0 Å². The van der Waals surface area contributed by atoms with E-state index in [9.17, 15) is 0 Å². The van der Waals surface area contributed by atoms with Crippen molar-refractivity contribution in [3.05, 3.63) is 51.6 Å². The van der Waals surface area contributed by atoms with Crippen LogP contribution in [0.4, 0.5) is 0 Å². The van der Waals surface area contributed by atoms with Gasteiger partial charge in [0.1, 0.15) is 4.64 Å². The van der Waals surface area contributed by atoms with E-state index in [1.54, 1.807) is 0 Å². The molecule has 1 nitrogen and oxygen atoms in total. The van der Waals surface area contributed by atoms with Gasteiger partial charge in [0.05, 0.1) is 0 Å². The molecule has 0 radical (unpaired) electrons. The van der Waals surface area contributed by atoms with Crippen LogP contribution in [0.1, 0.15) is 5.56 Å². The number of benzene rings is 1. The molecule has 2 aromatic rings. The second-order valence-electron chi connectivity index (χ2n) is 3.39. The van der Waals surface area contributed by atoms with E-state index < -0.39 is 0 Å². The zero-order valence-electron chi connectivity index (χ0n) is 8.25. The Kier molecular flexibility index (Phi) is 2.89. The monoisotopic (exact) mass is 235 g/mol. The molecule has 1 heterocycles. The highest BCUT2D eigenvalue weighted by molar-refractivity contribution is 7.71. The summed E-state index contributed by atoms with van der Waals surface area (Å²) in [6.07, 6.45) is 0. The predicted molar refractivity (Wildman–Crippen MR) is 66.8 cm³/mol. The number of aryl methyl sites for hydroxylation is 1. The normalized spacial score (nSPS) is 10.3. The first-order valence-electron chi connectivity index (χ1n) is 4.63. The van der Waals surface area contributed by atoms with Crippen LogP contribution in [-0.4, -0.2) is 4.98 Å². The molecule has 2 rings (SSSR count). The molecule has 0 aliphatic rings. The van der Waals surface area contributed by atoms with E-state index in [2.05, 4.69) is 4.98 Å². The summed E-state index contributed by atoms with van der Waals surface area (Å²) in [5.74, 6) is 0. The fourth-order valence-corrected chi connectivity index (χ4v) is 1.75. The van der Waals surface area contributed by atoms with Crippen LogP contribution in [0, 0.1) is 11.6 Å². The van der Waals surface area contributed by atoms with E-state index in [1.165, 1.54) is 0 Å². The minimum absolute atomic E-state index is 0.726. The molecule has 0 aliphatic heterocycles. The SMILES string of the molecule is Cc1ccc(-c2cccc(=S)[nH]2)cc1Cl. The molecule has 1 N–H and O–H groups in total. The van der Waals surface area contributed by atoms with Gasteiger partial charge in [0, 0.05) is 10.7 Å². The highest BCUT2D eigenvalue weighted by atomic mass is 35.5. The molecule has 1 aromatic heterocycles. The summed E-state index contributed by atoms with van der Waals surface area (Å²) in [5, 5.41) is 0.774. The van der Waals surface area contributed by atoms with Gasteiger partial charge in [-0.25, -0.2) is 0 Å². The van der Waals surface area contributed by atoms with Crippen molar-refractivity contribution < 1.29 is 0 Å². The second kappa shape index (κ2) is 4.17. The van der Waals surface area contributed by atoms with Crippen LogP contribution in [-0.2, 0) is 0 Å². The van der Waals surface area contributed by atoms with Crippen LogP contribution in [0.3, 0.4) is 0 Å². The van der Waals surface area contributed by atoms with Crippen LogP contribution in [0.2, 0.25) is 5.02 Å². The first-order chi connectivity index (χ1) is 7.16. The van der Waals surface area contributed by atoms with E-state index in [-0.39, 0.29) is 0 Å². The van der Waals surface area contributed by atoms with Crippen molar-refractivity contribution in [1.29, 1.82) is 0 Å². The number of H-pyrrole nitrogens is 1.